The first-order valence-corrected chi connectivity index (χ1v) is 7.32. The molecule has 0 N–H and O–H groups in total. The molecule has 1 unspecified atom stereocenters. The molecule has 0 aromatic carbocycles. The van der Waals surface area contributed by atoms with E-state index in [1.54, 1.807) is 0 Å². The van der Waals surface area contributed by atoms with Gasteiger partial charge in [-0.3, -0.25) is 0 Å². The Morgan fingerprint density at radius 1 is 1.38 bits per heavy atom. The SMILES string of the molecule is N#CC1c2c(Cl)cc(Cl)nc2C=CN1S(=O)(=O)C(F)(F)F. The summed E-state index contributed by atoms with van der Waals surface area (Å²) in [5.74, 6) is 0. The molecule has 0 bridgehead atoms. The predicted molar refractivity (Wildman–Crippen MR) is 68.5 cm³/mol. The second-order valence-electron chi connectivity index (χ2n) is 3.85. The van der Waals surface area contributed by atoms with Crippen molar-refractivity contribution in [3.8, 4) is 6.07 Å². The van der Waals surface area contributed by atoms with E-state index in [1.807, 2.05) is 0 Å². The molecular weight excluding hydrogens is 354 g/mol. The highest BCUT2D eigenvalue weighted by Gasteiger charge is 2.52. The van der Waals surface area contributed by atoms with Crippen LogP contribution < -0.4 is 0 Å². The van der Waals surface area contributed by atoms with Crippen molar-refractivity contribution in [2.75, 3.05) is 0 Å². The van der Waals surface area contributed by atoms with Crippen molar-refractivity contribution < 1.29 is 21.6 Å². The topological polar surface area (TPSA) is 74.1 Å². The van der Waals surface area contributed by atoms with E-state index in [0.717, 1.165) is 12.1 Å². The summed E-state index contributed by atoms with van der Waals surface area (Å²) in [4.78, 5) is 3.79. The van der Waals surface area contributed by atoms with Crippen LogP contribution in [0.15, 0.2) is 12.3 Å². The maximum Gasteiger partial charge on any atom is 0.516 e. The van der Waals surface area contributed by atoms with E-state index in [2.05, 4.69) is 4.98 Å². The molecule has 5 nitrogen and oxygen atoms in total. The van der Waals surface area contributed by atoms with Crippen LogP contribution in [0.4, 0.5) is 13.2 Å². The van der Waals surface area contributed by atoms with Gasteiger partial charge in [-0.2, -0.15) is 26.9 Å². The maximum atomic E-state index is 12.6. The second-order valence-corrected chi connectivity index (χ2v) is 6.48. The summed E-state index contributed by atoms with van der Waals surface area (Å²) in [6.07, 6.45) is 1.60. The number of hydrogen-bond acceptors (Lipinski definition) is 4. The predicted octanol–water partition coefficient (Wildman–Crippen LogP) is 3.09. The van der Waals surface area contributed by atoms with Gasteiger partial charge in [-0.15, -0.1) is 0 Å². The monoisotopic (exact) mass is 357 g/mol. The lowest BCUT2D eigenvalue weighted by Crippen LogP contribution is -2.40. The first-order valence-electron chi connectivity index (χ1n) is 5.13. The summed E-state index contributed by atoms with van der Waals surface area (Å²) < 4.78 is 60.7. The van der Waals surface area contributed by atoms with E-state index in [4.69, 9.17) is 28.5 Å². The molecule has 21 heavy (non-hydrogen) atoms. The van der Waals surface area contributed by atoms with Crippen molar-refractivity contribution >= 4 is 39.3 Å². The number of alkyl halides is 3. The molecule has 0 aliphatic carbocycles. The molecule has 0 saturated carbocycles. The fourth-order valence-corrected chi connectivity index (χ4v) is 3.18. The average Bonchev–Trinajstić information content (AvgIpc) is 2.35. The Hall–Kier alpha value is -1.50. The number of pyridine rings is 1. The lowest BCUT2D eigenvalue weighted by atomic mass is 10.0. The summed E-state index contributed by atoms with van der Waals surface area (Å²) in [5.41, 5.74) is -5.66. The van der Waals surface area contributed by atoms with Gasteiger partial charge in [-0.1, -0.05) is 23.2 Å². The molecule has 1 atom stereocenters. The van der Waals surface area contributed by atoms with Crippen molar-refractivity contribution in [1.82, 2.24) is 9.29 Å². The number of nitrogens with zero attached hydrogens (tertiary/aromatic N) is 3. The smallest absolute Gasteiger partial charge is 0.248 e. The fourth-order valence-electron chi connectivity index (χ4n) is 1.73. The molecule has 2 rings (SSSR count). The van der Waals surface area contributed by atoms with Crippen LogP contribution in [0.25, 0.3) is 6.08 Å². The molecule has 112 valence electrons. The van der Waals surface area contributed by atoms with E-state index >= 15 is 0 Å². The standard InChI is InChI=1S/C10H4Cl2F3N3O2S/c11-5-3-8(12)17-6-1-2-18(7(4-16)9(5)6)21(19,20)10(13,14)15/h1-3,7H. The number of hydrogen-bond donors (Lipinski definition) is 0. The molecule has 1 aromatic heterocycles. The van der Waals surface area contributed by atoms with Crippen LogP contribution in [-0.4, -0.2) is 23.2 Å². The molecule has 1 aliphatic rings. The van der Waals surface area contributed by atoms with E-state index in [1.165, 1.54) is 6.07 Å². The first kappa shape index (κ1) is 15.9. The van der Waals surface area contributed by atoms with Crippen LogP contribution in [0.5, 0.6) is 0 Å². The highest BCUT2D eigenvalue weighted by atomic mass is 35.5. The van der Waals surface area contributed by atoms with Crippen LogP contribution in [-0.2, 0) is 10.0 Å². The van der Waals surface area contributed by atoms with Gasteiger partial charge in [0, 0.05) is 11.8 Å². The molecule has 2 heterocycles. The lowest BCUT2D eigenvalue weighted by Gasteiger charge is -2.30. The number of halogens is 5. The number of rotatable bonds is 1. The van der Waals surface area contributed by atoms with E-state index in [9.17, 15) is 21.6 Å². The first-order chi connectivity index (χ1) is 9.59. The number of aromatic nitrogens is 1. The van der Waals surface area contributed by atoms with Crippen molar-refractivity contribution in [1.29, 1.82) is 5.26 Å². The van der Waals surface area contributed by atoms with E-state index < -0.39 is 21.6 Å². The van der Waals surface area contributed by atoms with Crippen LogP contribution >= 0.6 is 23.2 Å². The molecule has 0 amide bonds. The third-order valence-electron chi connectivity index (χ3n) is 2.61. The molecular formula is C10H4Cl2F3N3O2S. The van der Waals surface area contributed by atoms with Crippen molar-refractivity contribution in [3.05, 3.63) is 33.7 Å². The minimum absolute atomic E-state index is 0.0349. The largest absolute Gasteiger partial charge is 0.516 e. The number of nitriles is 1. The minimum Gasteiger partial charge on any atom is -0.248 e. The summed E-state index contributed by atoms with van der Waals surface area (Å²) in [6, 6.07) is 0.808. The van der Waals surface area contributed by atoms with E-state index in [-0.39, 0.29) is 25.7 Å². The molecule has 11 heteroatoms. The Morgan fingerprint density at radius 3 is 2.52 bits per heavy atom. The van der Waals surface area contributed by atoms with Crippen molar-refractivity contribution in [2.24, 2.45) is 0 Å². The quantitative estimate of drug-likeness (QED) is 0.723. The van der Waals surface area contributed by atoms with Gasteiger partial charge in [0.15, 0.2) is 6.04 Å². The zero-order valence-corrected chi connectivity index (χ0v) is 12.1. The number of fused-ring (bicyclic) bond motifs is 1. The Bertz CT molecular complexity index is 771. The van der Waals surface area contributed by atoms with E-state index in [0.29, 0.717) is 6.20 Å². The minimum atomic E-state index is -5.73. The maximum absolute atomic E-state index is 12.6. The van der Waals surface area contributed by atoms with Gasteiger partial charge >= 0.3 is 15.5 Å². The van der Waals surface area contributed by atoms with Crippen molar-refractivity contribution in [2.45, 2.75) is 11.6 Å². The summed E-state index contributed by atoms with van der Waals surface area (Å²) in [6.45, 7) is 0. The van der Waals surface area contributed by atoms with Crippen LogP contribution in [0.3, 0.4) is 0 Å². The zero-order chi connectivity index (χ0) is 16.0. The van der Waals surface area contributed by atoms with Gasteiger partial charge in [0.25, 0.3) is 0 Å². The van der Waals surface area contributed by atoms with Gasteiger partial charge in [0.1, 0.15) is 5.15 Å². The van der Waals surface area contributed by atoms with Crippen molar-refractivity contribution in [3.63, 3.8) is 0 Å². The normalized spacial score (nSPS) is 18.3. The fraction of sp³-hybridized carbons (Fsp3) is 0.200. The number of sulfonamides is 1. The Kier molecular flexibility index (Phi) is 3.82. The summed E-state index contributed by atoms with van der Waals surface area (Å²) >= 11 is 11.5. The highest BCUT2D eigenvalue weighted by molar-refractivity contribution is 7.90. The Balaban J connectivity index is 2.65. The van der Waals surface area contributed by atoms with Gasteiger partial charge in [-0.05, 0) is 12.1 Å². The van der Waals surface area contributed by atoms with Gasteiger partial charge in [0.2, 0.25) is 0 Å². The van der Waals surface area contributed by atoms with Crippen LogP contribution in [0.1, 0.15) is 17.3 Å². The van der Waals surface area contributed by atoms with Gasteiger partial charge in [0.05, 0.1) is 16.8 Å². The Labute approximate surface area is 127 Å². The van der Waals surface area contributed by atoms with Gasteiger partial charge in [-0.25, -0.2) is 9.29 Å². The molecule has 1 aliphatic heterocycles. The third-order valence-corrected chi connectivity index (χ3v) is 4.58. The lowest BCUT2D eigenvalue weighted by molar-refractivity contribution is -0.0482. The summed E-state index contributed by atoms with van der Waals surface area (Å²) in [7, 11) is -5.73. The molecule has 0 saturated heterocycles. The second kappa shape index (κ2) is 5.05. The molecule has 0 spiro atoms. The van der Waals surface area contributed by atoms with Crippen LogP contribution in [0.2, 0.25) is 10.2 Å². The molecule has 0 radical (unpaired) electrons. The Morgan fingerprint density at radius 2 is 2.00 bits per heavy atom. The molecule has 0 fully saturated rings. The van der Waals surface area contributed by atoms with Crippen LogP contribution in [0, 0.1) is 11.3 Å². The van der Waals surface area contributed by atoms with Gasteiger partial charge < -0.3 is 0 Å². The summed E-state index contributed by atoms with van der Waals surface area (Å²) in [5, 5.41) is 8.87. The highest BCUT2D eigenvalue weighted by Crippen LogP contribution is 2.40. The molecule has 1 aromatic rings. The zero-order valence-electron chi connectivity index (χ0n) is 9.77. The average molecular weight is 358 g/mol. The third kappa shape index (κ3) is 2.54.